The third kappa shape index (κ3) is 4.72. The lowest BCUT2D eigenvalue weighted by atomic mass is 9.41. The van der Waals surface area contributed by atoms with Gasteiger partial charge in [-0.1, -0.05) is 19.1 Å². The maximum Gasteiger partial charge on any atom is 0.331 e. The van der Waals surface area contributed by atoms with Gasteiger partial charge in [0.05, 0.1) is 42.0 Å². The number of fused-ring (bicyclic) bond motifs is 6. The van der Waals surface area contributed by atoms with Gasteiger partial charge >= 0.3 is 5.97 Å². The highest BCUT2D eigenvalue weighted by atomic mass is 16.8. The second-order valence-electron chi connectivity index (χ2n) is 15.6. The minimum absolute atomic E-state index is 0.0789. The van der Waals surface area contributed by atoms with Crippen molar-refractivity contribution in [3.8, 4) is 5.75 Å². The van der Waals surface area contributed by atoms with E-state index in [1.807, 2.05) is 31.2 Å². The highest BCUT2D eigenvalue weighted by Crippen LogP contribution is 2.70. The van der Waals surface area contributed by atoms with Gasteiger partial charge in [0.15, 0.2) is 12.6 Å². The van der Waals surface area contributed by atoms with Crippen molar-refractivity contribution in [2.75, 3.05) is 13.7 Å². The molecular formula is C37H48O10. The van der Waals surface area contributed by atoms with E-state index >= 15 is 0 Å². The van der Waals surface area contributed by atoms with Crippen molar-refractivity contribution in [1.29, 1.82) is 0 Å². The molecule has 7 aliphatic rings. The van der Waals surface area contributed by atoms with E-state index in [-0.39, 0.29) is 48.1 Å². The fourth-order valence-electron chi connectivity index (χ4n) is 11.3. The molecule has 2 N–H and O–H groups in total. The Kier molecular flexibility index (Phi) is 7.70. The average Bonchev–Trinajstić information content (AvgIpc) is 3.76. The van der Waals surface area contributed by atoms with Crippen molar-refractivity contribution in [1.82, 2.24) is 0 Å². The van der Waals surface area contributed by atoms with Crippen LogP contribution >= 0.6 is 0 Å². The van der Waals surface area contributed by atoms with Crippen LogP contribution in [0.3, 0.4) is 0 Å². The van der Waals surface area contributed by atoms with E-state index in [9.17, 15) is 19.8 Å². The van der Waals surface area contributed by atoms with Crippen LogP contribution in [0.25, 0.3) is 0 Å². The summed E-state index contributed by atoms with van der Waals surface area (Å²) in [4.78, 5) is 25.1. The van der Waals surface area contributed by atoms with Crippen LogP contribution in [-0.2, 0) is 33.3 Å². The van der Waals surface area contributed by atoms with Crippen LogP contribution < -0.4 is 4.74 Å². The molecule has 1 aromatic rings. The Balaban J connectivity index is 0.948. The van der Waals surface area contributed by atoms with Crippen molar-refractivity contribution in [3.05, 3.63) is 41.5 Å². The summed E-state index contributed by atoms with van der Waals surface area (Å²) in [6.07, 6.45) is 6.74. The summed E-state index contributed by atoms with van der Waals surface area (Å²) < 4.78 is 36.0. The molecule has 2 saturated heterocycles. The molecule has 10 nitrogen and oxygen atoms in total. The van der Waals surface area contributed by atoms with E-state index in [1.54, 1.807) is 13.2 Å². The Bertz CT molecular complexity index is 1430. The highest BCUT2D eigenvalue weighted by molar-refractivity contribution is 5.85. The Hall–Kier alpha value is -2.34. The minimum Gasteiger partial charge on any atom is -0.497 e. The first-order chi connectivity index (χ1) is 22.5. The standard InChI is InChI=1S/C37H48O10/c1-21-32-29(46-33(47-32)22-4-6-24(42-3)7-5-22)17-31(44-21)45-25-8-13-35(20-38)27-9-12-34(2)26(23-16-30(39)43-19-23)11-15-37(34,41)28(27)10-14-36(35,40)18-25/h4-7,16,20-21,25-29,31-33,40-41H,8-15,17-19H2,1-3H3/t21-,25+,26+,27+,28+,29+,31-,32-,33-,34-,35+,36-,37-/m0/s1. The molecule has 0 aromatic heterocycles. The van der Waals surface area contributed by atoms with E-state index < -0.39 is 34.6 Å². The summed E-state index contributed by atoms with van der Waals surface area (Å²) in [7, 11) is 1.64. The maximum atomic E-state index is 13.2. The second-order valence-corrected chi connectivity index (χ2v) is 15.6. The number of aliphatic hydroxyl groups is 2. The van der Waals surface area contributed by atoms with Gasteiger partial charge in [-0.25, -0.2) is 4.79 Å². The van der Waals surface area contributed by atoms with Crippen molar-refractivity contribution < 1.29 is 48.2 Å². The van der Waals surface area contributed by atoms with Crippen molar-refractivity contribution in [2.24, 2.45) is 28.6 Å². The molecule has 0 bridgehead atoms. The Morgan fingerprint density at radius 3 is 2.47 bits per heavy atom. The third-order valence-electron chi connectivity index (χ3n) is 13.8. The summed E-state index contributed by atoms with van der Waals surface area (Å²) in [5.41, 5.74) is -1.62. The molecule has 6 fully saturated rings. The first-order valence-electron chi connectivity index (χ1n) is 17.6. The summed E-state index contributed by atoms with van der Waals surface area (Å²) in [6, 6.07) is 7.66. The molecule has 256 valence electrons. The smallest absolute Gasteiger partial charge is 0.331 e. The molecule has 10 heteroatoms. The normalized spacial score (nSPS) is 48.8. The number of carbonyl (C=O) groups is 2. The van der Waals surface area contributed by atoms with Crippen LogP contribution in [0.1, 0.15) is 89.9 Å². The van der Waals surface area contributed by atoms with Crippen LogP contribution in [0.5, 0.6) is 5.75 Å². The van der Waals surface area contributed by atoms with E-state index in [4.69, 9.17) is 28.4 Å². The number of esters is 1. The van der Waals surface area contributed by atoms with Crippen LogP contribution in [0.4, 0.5) is 0 Å². The zero-order valence-electron chi connectivity index (χ0n) is 27.6. The van der Waals surface area contributed by atoms with E-state index in [0.717, 1.165) is 42.4 Å². The first-order valence-corrected chi connectivity index (χ1v) is 17.6. The molecule has 0 radical (unpaired) electrons. The van der Waals surface area contributed by atoms with Gasteiger partial charge in [0, 0.05) is 29.9 Å². The summed E-state index contributed by atoms with van der Waals surface area (Å²) in [6.45, 7) is 4.44. The zero-order chi connectivity index (χ0) is 32.8. The zero-order valence-corrected chi connectivity index (χ0v) is 27.6. The summed E-state index contributed by atoms with van der Waals surface area (Å²) in [5.74, 6) is 0.342. The topological polar surface area (TPSA) is 130 Å². The van der Waals surface area contributed by atoms with Crippen molar-refractivity contribution in [2.45, 2.75) is 126 Å². The van der Waals surface area contributed by atoms with Gasteiger partial charge in [-0.15, -0.1) is 0 Å². The molecule has 4 saturated carbocycles. The van der Waals surface area contributed by atoms with Gasteiger partial charge < -0.3 is 43.4 Å². The number of hydrogen-bond donors (Lipinski definition) is 2. The molecular weight excluding hydrogens is 604 g/mol. The quantitative estimate of drug-likeness (QED) is 0.257. The van der Waals surface area contributed by atoms with Gasteiger partial charge in [-0.05, 0) is 93.7 Å². The first kappa shape index (κ1) is 31.9. The van der Waals surface area contributed by atoms with E-state index in [0.29, 0.717) is 51.6 Å². The Morgan fingerprint density at radius 2 is 1.74 bits per heavy atom. The van der Waals surface area contributed by atoms with Gasteiger partial charge in [-0.3, -0.25) is 0 Å². The SMILES string of the molecule is COc1ccc([C@@H]2O[C@H]3[C@H](C)O[C@@H](O[C@@H]4CC[C@@]5(C=O)[C@@H]6CC[C@@]7(C)[C@@H](C8=CC(=O)OC8)CC[C@]7(O)[C@@H]6CC[C@]5(O)C4)C[C@H]3O2)cc1. The molecule has 13 atom stereocenters. The number of aldehydes is 1. The predicted octanol–water partition coefficient (Wildman–Crippen LogP) is 4.55. The van der Waals surface area contributed by atoms with Gasteiger partial charge in [0.1, 0.15) is 24.7 Å². The number of ether oxygens (including phenoxy) is 6. The number of rotatable bonds is 6. The number of cyclic esters (lactones) is 1. The summed E-state index contributed by atoms with van der Waals surface area (Å²) in [5, 5.41) is 24.9. The second kappa shape index (κ2) is 11.4. The highest BCUT2D eigenvalue weighted by Gasteiger charge is 2.71. The van der Waals surface area contributed by atoms with Crippen LogP contribution in [0.2, 0.25) is 0 Å². The monoisotopic (exact) mass is 652 g/mol. The fraction of sp³-hybridized carbons (Fsp3) is 0.730. The molecule has 0 spiro atoms. The predicted molar refractivity (Wildman–Crippen MR) is 167 cm³/mol. The molecule has 4 aliphatic carbocycles. The van der Waals surface area contributed by atoms with Gasteiger partial charge in [0.2, 0.25) is 0 Å². The van der Waals surface area contributed by atoms with Crippen molar-refractivity contribution in [3.63, 3.8) is 0 Å². The van der Waals surface area contributed by atoms with Gasteiger partial charge in [-0.2, -0.15) is 0 Å². The van der Waals surface area contributed by atoms with E-state index in [1.165, 1.54) is 0 Å². The molecule has 3 aliphatic heterocycles. The average molecular weight is 653 g/mol. The number of hydrogen-bond acceptors (Lipinski definition) is 10. The van der Waals surface area contributed by atoms with Crippen LogP contribution in [-0.4, -0.2) is 78.1 Å². The minimum atomic E-state index is -1.22. The third-order valence-corrected chi connectivity index (χ3v) is 13.8. The largest absolute Gasteiger partial charge is 0.497 e. The fourth-order valence-corrected chi connectivity index (χ4v) is 11.3. The Labute approximate surface area is 276 Å². The molecule has 0 unspecified atom stereocenters. The lowest BCUT2D eigenvalue weighted by Gasteiger charge is -2.65. The molecule has 8 rings (SSSR count). The number of carbonyl (C=O) groups excluding carboxylic acids is 2. The Morgan fingerprint density at radius 1 is 0.957 bits per heavy atom. The van der Waals surface area contributed by atoms with Crippen molar-refractivity contribution >= 4 is 12.3 Å². The van der Waals surface area contributed by atoms with Crippen LogP contribution in [0, 0.1) is 28.6 Å². The lowest BCUT2D eigenvalue weighted by Crippen LogP contribution is -2.69. The molecule has 3 heterocycles. The molecule has 0 amide bonds. The number of methoxy groups -OCH3 is 1. The number of benzene rings is 1. The van der Waals surface area contributed by atoms with Gasteiger partial charge in [0.25, 0.3) is 0 Å². The molecule has 47 heavy (non-hydrogen) atoms. The molecule has 1 aromatic carbocycles. The maximum absolute atomic E-state index is 13.2. The summed E-state index contributed by atoms with van der Waals surface area (Å²) >= 11 is 0. The lowest BCUT2D eigenvalue weighted by molar-refractivity contribution is -0.278. The van der Waals surface area contributed by atoms with Crippen LogP contribution in [0.15, 0.2) is 35.9 Å². The van der Waals surface area contributed by atoms with E-state index in [2.05, 4.69) is 6.92 Å².